The number of aromatic nitrogens is 2. The van der Waals surface area contributed by atoms with Crippen molar-refractivity contribution in [2.24, 2.45) is 0 Å². The number of nitrogens with zero attached hydrogens (tertiary/aromatic N) is 2. The van der Waals surface area contributed by atoms with E-state index in [-0.39, 0.29) is 0 Å². The summed E-state index contributed by atoms with van der Waals surface area (Å²) in [5.74, 6) is 0.837. The van der Waals surface area contributed by atoms with Gasteiger partial charge in [-0.2, -0.15) is 0 Å². The molecule has 0 fully saturated rings. The summed E-state index contributed by atoms with van der Waals surface area (Å²) in [5, 5.41) is 0. The number of ether oxygens (including phenoxy) is 1. The summed E-state index contributed by atoms with van der Waals surface area (Å²) < 4.78 is 5.51. The third-order valence-electron chi connectivity index (χ3n) is 3.55. The molecule has 0 bridgehead atoms. The lowest BCUT2D eigenvalue weighted by Gasteiger charge is -2.06. The van der Waals surface area contributed by atoms with Crippen molar-refractivity contribution in [3.63, 3.8) is 0 Å². The first-order valence-electron chi connectivity index (χ1n) is 7.69. The van der Waals surface area contributed by atoms with Crippen LogP contribution in [0.25, 0.3) is 24.3 Å². The van der Waals surface area contributed by atoms with E-state index in [9.17, 15) is 0 Å². The minimum absolute atomic E-state index is 0.837. The Kier molecular flexibility index (Phi) is 5.15. The van der Waals surface area contributed by atoms with E-state index in [4.69, 9.17) is 4.74 Å². The van der Waals surface area contributed by atoms with Crippen molar-refractivity contribution < 1.29 is 4.74 Å². The van der Waals surface area contributed by atoms with E-state index in [0.717, 1.165) is 28.0 Å². The average Bonchev–Trinajstić information content (AvgIpc) is 2.66. The molecule has 0 aliphatic heterocycles. The second-order valence-corrected chi connectivity index (χ2v) is 5.24. The van der Waals surface area contributed by atoms with E-state index in [1.54, 1.807) is 19.5 Å². The van der Waals surface area contributed by atoms with E-state index >= 15 is 0 Å². The summed E-state index contributed by atoms with van der Waals surface area (Å²) in [6.45, 7) is 0. The predicted molar refractivity (Wildman–Crippen MR) is 99.3 cm³/mol. The third kappa shape index (κ3) is 4.17. The van der Waals surface area contributed by atoms with Crippen LogP contribution in [-0.4, -0.2) is 17.1 Å². The van der Waals surface area contributed by atoms with Crippen LogP contribution >= 0.6 is 0 Å². The minimum atomic E-state index is 0.837. The van der Waals surface area contributed by atoms with Crippen molar-refractivity contribution in [3.8, 4) is 5.75 Å². The van der Waals surface area contributed by atoms with Crippen LogP contribution < -0.4 is 4.74 Å². The summed E-state index contributed by atoms with van der Waals surface area (Å²) in [4.78, 5) is 8.22. The summed E-state index contributed by atoms with van der Waals surface area (Å²) in [6, 6.07) is 14.0. The smallest absolute Gasteiger partial charge is 0.126 e. The van der Waals surface area contributed by atoms with Crippen LogP contribution in [0.3, 0.4) is 0 Å². The number of rotatable bonds is 5. The number of hydrogen-bond donors (Lipinski definition) is 0. The van der Waals surface area contributed by atoms with Crippen LogP contribution in [0.1, 0.15) is 22.3 Å². The molecule has 0 unspecified atom stereocenters. The first-order chi connectivity index (χ1) is 11.8. The van der Waals surface area contributed by atoms with Crippen molar-refractivity contribution >= 4 is 24.3 Å². The lowest BCUT2D eigenvalue weighted by molar-refractivity contribution is 0.414. The first-order valence-corrected chi connectivity index (χ1v) is 7.69. The molecule has 118 valence electrons. The summed E-state index contributed by atoms with van der Waals surface area (Å²) in [7, 11) is 1.69. The zero-order chi connectivity index (χ0) is 16.6. The zero-order valence-corrected chi connectivity index (χ0v) is 13.5. The van der Waals surface area contributed by atoms with E-state index in [0.29, 0.717) is 0 Å². The van der Waals surface area contributed by atoms with Gasteiger partial charge in [0.25, 0.3) is 0 Å². The minimum Gasteiger partial charge on any atom is -0.496 e. The van der Waals surface area contributed by atoms with Gasteiger partial charge in [-0.3, -0.25) is 9.97 Å². The van der Waals surface area contributed by atoms with Crippen LogP contribution in [0, 0.1) is 0 Å². The lowest BCUT2D eigenvalue weighted by atomic mass is 10.1. The van der Waals surface area contributed by atoms with Gasteiger partial charge in [0.05, 0.1) is 7.11 Å². The van der Waals surface area contributed by atoms with Gasteiger partial charge < -0.3 is 4.74 Å². The fraction of sp³-hybridized carbons (Fsp3) is 0.0476. The molecule has 0 aliphatic carbocycles. The van der Waals surface area contributed by atoms with Crippen LogP contribution in [-0.2, 0) is 0 Å². The van der Waals surface area contributed by atoms with Crippen molar-refractivity contribution in [3.05, 3.63) is 89.5 Å². The number of hydrogen-bond acceptors (Lipinski definition) is 3. The molecule has 1 aromatic carbocycles. The standard InChI is InChI=1S/C21H18N2O/c1-24-21-14-17(6-7-18-4-2-12-22-15-18)8-10-20(21)11-9-19-5-3-13-23-16-19/h2-16H,1H3/b7-6+,11-9+. The molecule has 2 heterocycles. The molecule has 3 aromatic rings. The van der Waals surface area contributed by atoms with E-state index < -0.39 is 0 Å². The highest BCUT2D eigenvalue weighted by atomic mass is 16.5. The second kappa shape index (κ2) is 7.88. The fourth-order valence-electron chi connectivity index (χ4n) is 2.30. The van der Waals surface area contributed by atoms with Crippen molar-refractivity contribution in [1.29, 1.82) is 0 Å². The Bertz CT molecular complexity index is 840. The maximum atomic E-state index is 5.51. The highest BCUT2D eigenvalue weighted by Gasteiger charge is 2.00. The van der Waals surface area contributed by atoms with Gasteiger partial charge >= 0.3 is 0 Å². The fourth-order valence-corrected chi connectivity index (χ4v) is 2.30. The second-order valence-electron chi connectivity index (χ2n) is 5.24. The molecule has 3 rings (SSSR count). The SMILES string of the molecule is COc1cc(/C=C/c2cccnc2)ccc1/C=C/c1cccnc1. The molecule has 0 aliphatic rings. The Balaban J connectivity index is 1.80. The van der Waals surface area contributed by atoms with Crippen LogP contribution in [0.5, 0.6) is 5.75 Å². The van der Waals surface area contributed by atoms with Gasteiger partial charge in [0.1, 0.15) is 5.75 Å². The quantitative estimate of drug-likeness (QED) is 0.677. The molecule has 3 heteroatoms. The van der Waals surface area contributed by atoms with Crippen LogP contribution in [0.4, 0.5) is 0 Å². The number of pyridine rings is 2. The zero-order valence-electron chi connectivity index (χ0n) is 13.5. The van der Waals surface area contributed by atoms with Crippen LogP contribution in [0.15, 0.2) is 67.3 Å². The Morgan fingerprint density at radius 2 is 1.38 bits per heavy atom. The molecule has 24 heavy (non-hydrogen) atoms. The molecule has 2 aromatic heterocycles. The van der Waals surface area contributed by atoms with Gasteiger partial charge in [-0.15, -0.1) is 0 Å². The average molecular weight is 314 g/mol. The molecule has 0 radical (unpaired) electrons. The largest absolute Gasteiger partial charge is 0.496 e. The Hall–Kier alpha value is -3.20. The molecule has 0 N–H and O–H groups in total. The van der Waals surface area contributed by atoms with Crippen LogP contribution in [0.2, 0.25) is 0 Å². The van der Waals surface area contributed by atoms with Gasteiger partial charge in [-0.25, -0.2) is 0 Å². The Labute approximate surface area is 142 Å². The molecular weight excluding hydrogens is 296 g/mol. The maximum Gasteiger partial charge on any atom is 0.126 e. The highest BCUT2D eigenvalue weighted by Crippen LogP contribution is 2.23. The Morgan fingerprint density at radius 1 is 0.750 bits per heavy atom. The van der Waals surface area contributed by atoms with Gasteiger partial charge in [-0.05, 0) is 34.9 Å². The molecule has 0 saturated heterocycles. The topological polar surface area (TPSA) is 35.0 Å². The van der Waals surface area contributed by atoms with Gasteiger partial charge in [0.2, 0.25) is 0 Å². The van der Waals surface area contributed by atoms with Crippen molar-refractivity contribution in [2.45, 2.75) is 0 Å². The summed E-state index contributed by atoms with van der Waals surface area (Å²) in [6.07, 6.45) is 15.3. The van der Waals surface area contributed by atoms with Gasteiger partial charge in [0, 0.05) is 30.4 Å². The summed E-state index contributed by atoms with van der Waals surface area (Å²) in [5.41, 5.74) is 4.23. The number of benzene rings is 1. The van der Waals surface area contributed by atoms with Gasteiger partial charge in [0.15, 0.2) is 0 Å². The molecule has 3 nitrogen and oxygen atoms in total. The van der Waals surface area contributed by atoms with E-state index in [1.165, 1.54) is 0 Å². The summed E-state index contributed by atoms with van der Waals surface area (Å²) >= 11 is 0. The van der Waals surface area contributed by atoms with Crippen molar-refractivity contribution in [2.75, 3.05) is 7.11 Å². The predicted octanol–water partition coefficient (Wildman–Crippen LogP) is 4.83. The molecular formula is C21H18N2O. The first kappa shape index (κ1) is 15.7. The van der Waals surface area contributed by atoms with Gasteiger partial charge in [-0.1, -0.05) is 48.6 Å². The molecule has 0 amide bonds. The molecule has 0 saturated carbocycles. The van der Waals surface area contributed by atoms with Crippen molar-refractivity contribution in [1.82, 2.24) is 9.97 Å². The molecule has 0 atom stereocenters. The lowest BCUT2D eigenvalue weighted by Crippen LogP contribution is -1.88. The highest BCUT2D eigenvalue weighted by molar-refractivity contribution is 5.75. The molecule has 0 spiro atoms. The van der Waals surface area contributed by atoms with E-state index in [1.807, 2.05) is 67.0 Å². The maximum absolute atomic E-state index is 5.51. The van der Waals surface area contributed by atoms with E-state index in [2.05, 4.69) is 22.1 Å². The monoisotopic (exact) mass is 314 g/mol. The third-order valence-corrected chi connectivity index (χ3v) is 3.55. The number of methoxy groups -OCH3 is 1. The normalized spacial score (nSPS) is 11.2. The Morgan fingerprint density at radius 3 is 1.96 bits per heavy atom.